The van der Waals surface area contributed by atoms with Crippen molar-refractivity contribution in [1.82, 2.24) is 0 Å². The van der Waals surface area contributed by atoms with Crippen LogP contribution in [0.3, 0.4) is 0 Å². The first-order valence-corrected chi connectivity index (χ1v) is 4.37. The van der Waals surface area contributed by atoms with Crippen LogP contribution in [0.5, 0.6) is 0 Å². The van der Waals surface area contributed by atoms with Gasteiger partial charge in [0.15, 0.2) is 0 Å². The van der Waals surface area contributed by atoms with Crippen LogP contribution >= 0.6 is 0 Å². The molecule has 1 aliphatic rings. The Balaban J connectivity index is 2.20. The Hall–Kier alpha value is -0.480. The largest absolute Gasteiger partial charge is 0.392 e. The van der Waals surface area contributed by atoms with Crippen molar-refractivity contribution in [1.29, 1.82) is 0 Å². The van der Waals surface area contributed by atoms with Crippen LogP contribution in [0.4, 0.5) is 0 Å². The van der Waals surface area contributed by atoms with Crippen molar-refractivity contribution in [2.45, 2.75) is 39.2 Å². The molecule has 0 aliphatic heterocycles. The van der Waals surface area contributed by atoms with Gasteiger partial charge in [0.25, 0.3) is 0 Å². The summed E-state index contributed by atoms with van der Waals surface area (Å²) in [4.78, 5) is 0. The third kappa shape index (κ3) is 2.24. The lowest BCUT2D eigenvalue weighted by Gasteiger charge is -2.03. The molecule has 1 unspecified atom stereocenters. The molecule has 11 heavy (non-hydrogen) atoms. The second-order valence-corrected chi connectivity index (χ2v) is 3.27. The molecular weight excluding hydrogens is 136 g/mol. The number of aliphatic hydroxyl groups excluding tert-OH is 1. The van der Waals surface area contributed by atoms with Crippen LogP contribution in [-0.4, -0.2) is 11.2 Å². The van der Waals surface area contributed by atoms with Crippen molar-refractivity contribution < 1.29 is 5.11 Å². The van der Waals surface area contributed by atoms with Crippen LogP contribution in [0.1, 0.15) is 33.1 Å². The predicted octanol–water partition coefficient (Wildman–Crippen LogP) is 1.81. The molecule has 0 spiro atoms. The highest BCUT2D eigenvalue weighted by Gasteiger charge is 2.40. The van der Waals surface area contributed by atoms with Crippen molar-refractivity contribution in [2.24, 2.45) is 11.8 Å². The average Bonchev–Trinajstić information content (AvgIpc) is 2.78. The van der Waals surface area contributed by atoms with E-state index in [1.165, 1.54) is 12.8 Å². The Morgan fingerprint density at radius 2 is 2.36 bits per heavy atom. The number of rotatable bonds is 3. The lowest BCUT2D eigenvalue weighted by Crippen LogP contribution is -2.09. The Labute approximate surface area is 68.8 Å². The summed E-state index contributed by atoms with van der Waals surface area (Å²) in [5.74, 6) is 7.06. The van der Waals surface area contributed by atoms with Crippen LogP contribution in [0, 0.1) is 23.7 Å². The van der Waals surface area contributed by atoms with Crippen molar-refractivity contribution in [3.63, 3.8) is 0 Å². The summed E-state index contributed by atoms with van der Waals surface area (Å²) in [5, 5.41) is 9.52. The van der Waals surface area contributed by atoms with E-state index >= 15 is 0 Å². The van der Waals surface area contributed by atoms with E-state index in [0.717, 1.165) is 5.92 Å². The molecule has 1 heteroatoms. The van der Waals surface area contributed by atoms with Crippen molar-refractivity contribution in [2.75, 3.05) is 0 Å². The smallest absolute Gasteiger partial charge is 0.0680 e. The van der Waals surface area contributed by atoms with E-state index in [1.54, 1.807) is 0 Å². The molecule has 0 radical (unpaired) electrons. The number of hydrogen-bond donors (Lipinski definition) is 1. The van der Waals surface area contributed by atoms with Gasteiger partial charge in [-0.15, -0.1) is 11.8 Å². The van der Waals surface area contributed by atoms with E-state index in [-0.39, 0.29) is 6.10 Å². The second kappa shape index (κ2) is 3.78. The molecule has 0 aromatic rings. The molecule has 1 N–H and O–H groups in total. The van der Waals surface area contributed by atoms with Crippen molar-refractivity contribution in [3.05, 3.63) is 0 Å². The fourth-order valence-electron chi connectivity index (χ4n) is 1.57. The summed E-state index contributed by atoms with van der Waals surface area (Å²) in [5.41, 5.74) is 0. The monoisotopic (exact) mass is 152 g/mol. The van der Waals surface area contributed by atoms with Gasteiger partial charge < -0.3 is 5.11 Å². The van der Waals surface area contributed by atoms with Crippen molar-refractivity contribution in [3.8, 4) is 11.8 Å². The van der Waals surface area contributed by atoms with Gasteiger partial charge in [0.2, 0.25) is 0 Å². The van der Waals surface area contributed by atoms with Crippen LogP contribution in [0.2, 0.25) is 0 Å². The Bertz CT molecular complexity index is 175. The maximum Gasteiger partial charge on any atom is 0.0680 e. The van der Waals surface area contributed by atoms with E-state index in [9.17, 15) is 5.11 Å². The Morgan fingerprint density at radius 1 is 1.64 bits per heavy atom. The molecule has 62 valence electrons. The first kappa shape index (κ1) is 8.62. The zero-order chi connectivity index (χ0) is 8.27. The normalized spacial score (nSPS) is 30.5. The SMILES string of the molecule is CC#CCC(O)[C@@H]1C[C@H]1CC. The molecule has 1 nitrogen and oxygen atoms in total. The minimum Gasteiger partial charge on any atom is -0.392 e. The van der Waals surface area contributed by atoms with E-state index in [4.69, 9.17) is 0 Å². The molecule has 3 atom stereocenters. The highest BCUT2D eigenvalue weighted by atomic mass is 16.3. The van der Waals surface area contributed by atoms with Gasteiger partial charge in [0.05, 0.1) is 6.10 Å². The lowest BCUT2D eigenvalue weighted by molar-refractivity contribution is 0.150. The molecule has 1 rings (SSSR count). The van der Waals surface area contributed by atoms with Gasteiger partial charge in [-0.1, -0.05) is 13.3 Å². The Morgan fingerprint density at radius 3 is 2.82 bits per heavy atom. The van der Waals surface area contributed by atoms with E-state index in [0.29, 0.717) is 12.3 Å². The molecular formula is C10H16O. The number of hydrogen-bond acceptors (Lipinski definition) is 1. The van der Waals surface area contributed by atoms with E-state index in [1.807, 2.05) is 6.92 Å². The molecule has 0 aromatic carbocycles. The van der Waals surface area contributed by atoms with Gasteiger partial charge in [0, 0.05) is 6.42 Å². The quantitative estimate of drug-likeness (QED) is 0.611. The molecule has 1 fully saturated rings. The lowest BCUT2D eigenvalue weighted by atomic mass is 10.1. The van der Waals surface area contributed by atoms with Gasteiger partial charge in [-0.25, -0.2) is 0 Å². The third-order valence-electron chi connectivity index (χ3n) is 2.48. The van der Waals surface area contributed by atoms with Crippen LogP contribution < -0.4 is 0 Å². The van der Waals surface area contributed by atoms with E-state index < -0.39 is 0 Å². The van der Waals surface area contributed by atoms with Crippen LogP contribution in [0.25, 0.3) is 0 Å². The van der Waals surface area contributed by atoms with Gasteiger partial charge in [0.1, 0.15) is 0 Å². The first-order chi connectivity index (χ1) is 5.29. The predicted molar refractivity (Wildman–Crippen MR) is 46.0 cm³/mol. The highest BCUT2D eigenvalue weighted by Crippen LogP contribution is 2.44. The fourth-order valence-corrected chi connectivity index (χ4v) is 1.57. The topological polar surface area (TPSA) is 20.2 Å². The molecule has 1 aliphatic carbocycles. The number of aliphatic hydroxyl groups is 1. The standard InChI is InChI=1S/C10H16O/c1-3-5-6-10(11)9-7-8(9)4-2/h8-11H,4,6-7H2,1-2H3/t8-,9-,10?/m1/s1. The molecule has 1 saturated carbocycles. The van der Waals surface area contributed by atoms with Gasteiger partial charge in [-0.05, 0) is 25.2 Å². The summed E-state index contributed by atoms with van der Waals surface area (Å²) in [6, 6.07) is 0. The molecule has 0 aromatic heterocycles. The third-order valence-corrected chi connectivity index (χ3v) is 2.48. The van der Waals surface area contributed by atoms with E-state index in [2.05, 4.69) is 18.8 Å². The maximum absolute atomic E-state index is 9.52. The second-order valence-electron chi connectivity index (χ2n) is 3.27. The molecule has 0 amide bonds. The summed E-state index contributed by atoms with van der Waals surface area (Å²) >= 11 is 0. The van der Waals surface area contributed by atoms with Gasteiger partial charge >= 0.3 is 0 Å². The first-order valence-electron chi connectivity index (χ1n) is 4.37. The summed E-state index contributed by atoms with van der Waals surface area (Å²) in [6.07, 6.45) is 2.93. The molecule has 0 bridgehead atoms. The van der Waals surface area contributed by atoms with Crippen LogP contribution in [-0.2, 0) is 0 Å². The fraction of sp³-hybridized carbons (Fsp3) is 0.800. The molecule has 0 saturated heterocycles. The van der Waals surface area contributed by atoms with Gasteiger partial charge in [-0.3, -0.25) is 0 Å². The molecule has 0 heterocycles. The average molecular weight is 152 g/mol. The van der Waals surface area contributed by atoms with Crippen LogP contribution in [0.15, 0.2) is 0 Å². The maximum atomic E-state index is 9.52. The summed E-state index contributed by atoms with van der Waals surface area (Å²) in [7, 11) is 0. The summed E-state index contributed by atoms with van der Waals surface area (Å²) < 4.78 is 0. The zero-order valence-corrected chi connectivity index (χ0v) is 7.30. The minimum atomic E-state index is -0.160. The van der Waals surface area contributed by atoms with Crippen molar-refractivity contribution >= 4 is 0 Å². The minimum absolute atomic E-state index is 0.160. The zero-order valence-electron chi connectivity index (χ0n) is 7.30. The van der Waals surface area contributed by atoms with Gasteiger partial charge in [-0.2, -0.15) is 0 Å². The Kier molecular flexibility index (Phi) is 2.96. The highest BCUT2D eigenvalue weighted by molar-refractivity contribution is 5.01. The summed E-state index contributed by atoms with van der Waals surface area (Å²) in [6.45, 7) is 4.00.